The molecule has 2 saturated carbocycles. The van der Waals surface area contributed by atoms with E-state index in [9.17, 15) is 62.6 Å². The van der Waals surface area contributed by atoms with Crippen LogP contribution in [-0.4, -0.2) is 223 Å². The number of hydroxylamine groups is 4. The Bertz CT molecular complexity index is 1900. The lowest BCUT2D eigenvalue weighted by molar-refractivity contribution is -0.199. The first-order valence-electron chi connectivity index (χ1n) is 23.9. The zero-order valence-corrected chi connectivity index (χ0v) is 46.5. The lowest BCUT2D eigenvalue weighted by Gasteiger charge is -2.36. The molecular formula is C44H68N6O22S5. The summed E-state index contributed by atoms with van der Waals surface area (Å²) in [5.41, 5.74) is 10.9. The predicted octanol–water partition coefficient (Wildman–Crippen LogP) is -0.334. The number of nitrogens with zero attached hydrogens (tertiary/aromatic N) is 2. The van der Waals surface area contributed by atoms with Crippen molar-refractivity contribution in [2.75, 3.05) is 75.5 Å². The topological polar surface area (TPSA) is 424 Å². The van der Waals surface area contributed by atoms with E-state index in [1.54, 1.807) is 53.3 Å². The number of aliphatic carboxylic acids is 4. The minimum Gasteiger partial charge on any atom is -0.480 e. The highest BCUT2D eigenvalue weighted by Crippen LogP contribution is 2.41. The lowest BCUT2D eigenvalue weighted by atomic mass is 9.99. The van der Waals surface area contributed by atoms with Crippen molar-refractivity contribution in [3.8, 4) is 0 Å². The maximum Gasteiger partial charge on any atom is 0.335 e. The molecule has 8 unspecified atom stereocenters. The first-order valence-corrected chi connectivity index (χ1v) is 29.7. The summed E-state index contributed by atoms with van der Waals surface area (Å²) in [6.07, 6.45) is 7.68. The number of amides is 6. The van der Waals surface area contributed by atoms with Gasteiger partial charge in [0.05, 0.1) is 52.1 Å². The summed E-state index contributed by atoms with van der Waals surface area (Å²) in [4.78, 5) is 144. The molecule has 0 radical (unpaired) electrons. The summed E-state index contributed by atoms with van der Waals surface area (Å²) < 4.78 is 20.3. The highest BCUT2D eigenvalue weighted by atomic mass is 32.2. The number of carboxylic acid groups (broad SMARTS) is 4. The van der Waals surface area contributed by atoms with Crippen molar-refractivity contribution in [3.05, 3.63) is 0 Å². The van der Waals surface area contributed by atoms with E-state index >= 15 is 0 Å². The normalized spacial score (nSPS) is 20.2. The largest absolute Gasteiger partial charge is 0.480 e. The maximum absolute atomic E-state index is 12.0. The van der Waals surface area contributed by atoms with E-state index in [4.69, 9.17) is 45.7 Å². The van der Waals surface area contributed by atoms with Crippen molar-refractivity contribution in [2.24, 2.45) is 11.5 Å². The van der Waals surface area contributed by atoms with Gasteiger partial charge in [0, 0.05) is 69.7 Å². The summed E-state index contributed by atoms with van der Waals surface area (Å²) in [5.74, 6) is -7.47. The number of carboxylic acids is 4. The SMILES string of the molecule is CSCC(NC(=O)CCOCOCCC(=O)NC(CSC1CCC1SC)C(=O)O)C(=O)O.NC(CSC1CCC1SCC(N)C(=O)O)C(=O)O.O=C(CCOCOCCC(=O)ON1C(=O)CCC1=O)ON1C(=O)CCC1=O. The highest BCUT2D eigenvalue weighted by Gasteiger charge is 2.36. The first-order chi connectivity index (χ1) is 36.6. The van der Waals surface area contributed by atoms with Crippen LogP contribution in [0, 0.1) is 0 Å². The van der Waals surface area contributed by atoms with E-state index in [-0.39, 0.29) is 97.1 Å². The summed E-state index contributed by atoms with van der Waals surface area (Å²) >= 11 is 7.80. The monoisotopic (exact) mass is 1190 g/mol. The Morgan fingerprint density at radius 3 is 1.14 bits per heavy atom. The fourth-order valence-corrected chi connectivity index (χ4v) is 12.4. The molecule has 0 aromatic rings. The van der Waals surface area contributed by atoms with Crippen molar-refractivity contribution in [1.82, 2.24) is 20.8 Å². The Labute approximate surface area is 464 Å². The van der Waals surface area contributed by atoms with Crippen molar-refractivity contribution < 1.29 is 107 Å². The Hall–Kier alpha value is -4.45. The van der Waals surface area contributed by atoms with E-state index in [1.165, 1.54) is 11.8 Å². The summed E-state index contributed by atoms with van der Waals surface area (Å²) in [6.45, 7) is -0.455. The zero-order valence-electron chi connectivity index (χ0n) is 42.4. The molecule has 4 fully saturated rings. The van der Waals surface area contributed by atoms with Crippen LogP contribution in [0.2, 0.25) is 0 Å². The molecule has 2 aliphatic heterocycles. The Balaban J connectivity index is 0.000000410. The van der Waals surface area contributed by atoms with Crippen LogP contribution in [0.4, 0.5) is 0 Å². The van der Waals surface area contributed by atoms with E-state index in [0.717, 1.165) is 25.7 Å². The van der Waals surface area contributed by atoms with Gasteiger partial charge in [-0.15, -0.1) is 10.1 Å². The molecule has 28 nitrogen and oxygen atoms in total. The van der Waals surface area contributed by atoms with Gasteiger partial charge in [-0.05, 0) is 38.2 Å². The number of hydrogen-bond acceptors (Lipinski definition) is 25. The van der Waals surface area contributed by atoms with Gasteiger partial charge in [-0.25, -0.2) is 19.2 Å². The second-order valence-electron chi connectivity index (χ2n) is 16.8. The van der Waals surface area contributed by atoms with Crippen LogP contribution in [0.3, 0.4) is 0 Å². The third-order valence-electron chi connectivity index (χ3n) is 10.9. The van der Waals surface area contributed by atoms with E-state index in [0.29, 0.717) is 48.4 Å². The third kappa shape index (κ3) is 27.8. The maximum atomic E-state index is 12.0. The quantitative estimate of drug-likeness (QED) is 0.0226. The molecule has 4 aliphatic rings. The highest BCUT2D eigenvalue weighted by molar-refractivity contribution is 8.04. The second-order valence-corrected chi connectivity index (χ2v) is 22.6. The van der Waals surface area contributed by atoms with Crippen LogP contribution < -0.4 is 22.1 Å². The number of rotatable bonds is 36. The van der Waals surface area contributed by atoms with Crippen molar-refractivity contribution >= 4 is 130 Å². The molecule has 0 bridgehead atoms. The van der Waals surface area contributed by atoms with Crippen molar-refractivity contribution in [1.29, 1.82) is 0 Å². The molecular weight excluding hydrogens is 1120 g/mol. The molecule has 0 spiro atoms. The smallest absolute Gasteiger partial charge is 0.335 e. The van der Waals surface area contributed by atoms with Crippen molar-refractivity contribution in [3.63, 3.8) is 0 Å². The third-order valence-corrected chi connectivity index (χ3v) is 17.7. The Morgan fingerprint density at radius 2 is 0.831 bits per heavy atom. The molecule has 4 rings (SSSR count). The molecule has 0 aromatic carbocycles. The first kappa shape index (κ1) is 68.7. The molecule has 33 heteroatoms. The summed E-state index contributed by atoms with van der Waals surface area (Å²) in [7, 11) is 0. The fourth-order valence-electron chi connectivity index (χ4n) is 6.19. The lowest BCUT2D eigenvalue weighted by Crippen LogP contribution is -2.44. The van der Waals surface area contributed by atoms with Gasteiger partial charge in [0.15, 0.2) is 0 Å². The molecule has 8 atom stereocenters. The molecule has 0 aromatic heterocycles. The van der Waals surface area contributed by atoms with Gasteiger partial charge in [-0.3, -0.25) is 38.4 Å². The van der Waals surface area contributed by atoms with Gasteiger partial charge in [0.1, 0.15) is 37.8 Å². The minimum atomic E-state index is -1.09. The molecule has 2 aliphatic carbocycles. The fraction of sp³-hybridized carbons (Fsp3) is 0.727. The standard InChI is InChI=1S/C19H32N2O8S3.C15H18N2O10.C10H18N2O4S2/c1-30-9-12(18(24)25)20-16(22)5-7-28-11-29-8-6-17(23)21-13(19(26)27)10-32-15-4-3-14(15)31-2;18-10-1-2-11(19)16(10)26-14(22)5-7-24-9-25-8-6-15(23)27-17-12(20)3-4-13(17)21;11-5(9(13)14)3-17-7-1-2-8(7)18-4-6(12)10(15)16/h12-15H,3-11H2,1-2H3,(H,20,22)(H,21,23)(H,24,25)(H,26,27);1-9H2;5-8H,1-4,11-12H2,(H,13,14)(H,15,16). The number of carbonyl (C=O) groups excluding carboxylic acids is 8. The minimum absolute atomic E-state index is 0.00979. The number of ether oxygens (including phenoxy) is 4. The molecule has 77 heavy (non-hydrogen) atoms. The van der Waals surface area contributed by atoms with Crippen LogP contribution in [0.1, 0.15) is 77.0 Å². The number of nitrogens with two attached hydrogens (primary N) is 2. The summed E-state index contributed by atoms with van der Waals surface area (Å²) in [5, 5.41) is 43.2. The van der Waals surface area contributed by atoms with Crippen LogP contribution in [0.15, 0.2) is 0 Å². The van der Waals surface area contributed by atoms with Crippen LogP contribution in [0.25, 0.3) is 0 Å². The average molecular weight is 1190 g/mol. The van der Waals surface area contributed by atoms with Crippen LogP contribution in [0.5, 0.6) is 0 Å². The molecule has 2 saturated heterocycles. The van der Waals surface area contributed by atoms with Gasteiger partial charge in [-0.2, -0.15) is 58.8 Å². The van der Waals surface area contributed by atoms with Crippen LogP contribution in [-0.2, 0) is 86.2 Å². The van der Waals surface area contributed by atoms with Gasteiger partial charge in [0.25, 0.3) is 23.6 Å². The zero-order chi connectivity index (χ0) is 57.5. The number of nitrogens with one attached hydrogen (secondary N) is 2. The predicted molar refractivity (Wildman–Crippen MR) is 280 cm³/mol. The second kappa shape index (κ2) is 38.2. The molecule has 436 valence electrons. The van der Waals surface area contributed by atoms with Gasteiger partial charge in [0.2, 0.25) is 11.8 Å². The van der Waals surface area contributed by atoms with E-state index < -0.39 is 95.4 Å². The van der Waals surface area contributed by atoms with E-state index in [2.05, 4.69) is 20.3 Å². The molecule has 6 amide bonds. The van der Waals surface area contributed by atoms with Crippen molar-refractivity contribution in [2.45, 2.75) is 122 Å². The van der Waals surface area contributed by atoms with Crippen LogP contribution >= 0.6 is 58.8 Å². The molecule has 2 heterocycles. The molecule has 10 N–H and O–H groups in total. The van der Waals surface area contributed by atoms with Gasteiger partial charge >= 0.3 is 35.8 Å². The Morgan fingerprint density at radius 1 is 0.506 bits per heavy atom. The Kier molecular flexibility index (Phi) is 34.1. The average Bonchev–Trinajstić information content (AvgIpc) is 3.85. The van der Waals surface area contributed by atoms with E-state index in [1.807, 2.05) is 6.26 Å². The number of imide groups is 2. The van der Waals surface area contributed by atoms with Gasteiger partial charge < -0.3 is 71.1 Å². The number of carbonyl (C=O) groups is 12. The van der Waals surface area contributed by atoms with Gasteiger partial charge in [-0.1, -0.05) is 0 Å². The summed E-state index contributed by atoms with van der Waals surface area (Å²) in [6, 6.07) is -3.54. The number of hydrogen-bond donors (Lipinski definition) is 8. The number of thioether (sulfide) groups is 5.